The van der Waals surface area contributed by atoms with Crippen LogP contribution in [-0.2, 0) is 6.42 Å². The van der Waals surface area contributed by atoms with Crippen LogP contribution in [0.1, 0.15) is 12.8 Å². The van der Waals surface area contributed by atoms with E-state index in [1.165, 1.54) is 0 Å². The lowest BCUT2D eigenvalue weighted by atomic mass is 9.80. The fourth-order valence-corrected chi connectivity index (χ4v) is 1.30. The Morgan fingerprint density at radius 1 is 1.43 bits per heavy atom. The van der Waals surface area contributed by atoms with Gasteiger partial charge in [-0.2, -0.15) is 0 Å². The van der Waals surface area contributed by atoms with Crippen molar-refractivity contribution in [2.24, 2.45) is 0 Å². The zero-order valence-electron chi connectivity index (χ0n) is 7.77. The van der Waals surface area contributed by atoms with E-state index in [1.807, 2.05) is 6.92 Å². The zero-order chi connectivity index (χ0) is 10.1. The van der Waals surface area contributed by atoms with Crippen molar-refractivity contribution in [3.63, 3.8) is 0 Å². The number of fused-ring (bicyclic) bond motifs is 1. The van der Waals surface area contributed by atoms with Crippen molar-refractivity contribution >= 4 is 23.7 Å². The molecule has 0 radical (unpaired) electrons. The van der Waals surface area contributed by atoms with E-state index in [0.717, 1.165) is 6.42 Å². The van der Waals surface area contributed by atoms with Gasteiger partial charge in [0, 0.05) is 6.42 Å². The molecule has 14 heavy (non-hydrogen) atoms. The standard InChI is InChI=1S/C9H10BNO3/c1-2-9-11-7-5-6(10(12)13)3-4-8(7)14-9/h3-5,12-13H,2H2,1H3. The number of rotatable bonds is 2. The Morgan fingerprint density at radius 2 is 2.21 bits per heavy atom. The Hall–Kier alpha value is -1.33. The molecule has 2 rings (SSSR count). The number of aromatic nitrogens is 1. The summed E-state index contributed by atoms with van der Waals surface area (Å²) in [4.78, 5) is 4.19. The number of aryl methyl sites for hydroxylation is 1. The van der Waals surface area contributed by atoms with E-state index in [1.54, 1.807) is 18.2 Å². The average Bonchev–Trinajstić information content (AvgIpc) is 2.58. The van der Waals surface area contributed by atoms with Gasteiger partial charge >= 0.3 is 7.12 Å². The summed E-state index contributed by atoms with van der Waals surface area (Å²) < 4.78 is 5.38. The van der Waals surface area contributed by atoms with Crippen LogP contribution in [0.4, 0.5) is 0 Å². The summed E-state index contributed by atoms with van der Waals surface area (Å²) in [7, 11) is -1.46. The molecule has 0 aliphatic rings. The van der Waals surface area contributed by atoms with E-state index >= 15 is 0 Å². The first-order valence-corrected chi connectivity index (χ1v) is 4.46. The van der Waals surface area contributed by atoms with E-state index in [0.29, 0.717) is 22.5 Å². The molecule has 0 unspecified atom stereocenters. The monoisotopic (exact) mass is 191 g/mol. The highest BCUT2D eigenvalue weighted by Gasteiger charge is 2.13. The summed E-state index contributed by atoms with van der Waals surface area (Å²) in [6.07, 6.45) is 0.728. The van der Waals surface area contributed by atoms with Gasteiger partial charge in [0.25, 0.3) is 0 Å². The molecule has 1 aromatic carbocycles. The lowest BCUT2D eigenvalue weighted by Crippen LogP contribution is -2.29. The highest BCUT2D eigenvalue weighted by atomic mass is 16.4. The maximum absolute atomic E-state index is 8.94. The van der Waals surface area contributed by atoms with Crippen LogP contribution in [-0.4, -0.2) is 22.2 Å². The Bertz CT molecular complexity index is 452. The lowest BCUT2D eigenvalue weighted by molar-refractivity contribution is 0.426. The molecular weight excluding hydrogens is 181 g/mol. The SMILES string of the molecule is CCc1nc2cc(B(O)O)ccc2o1. The van der Waals surface area contributed by atoms with Crippen LogP contribution >= 0.6 is 0 Å². The second-order valence-corrected chi connectivity index (χ2v) is 3.06. The fourth-order valence-electron chi connectivity index (χ4n) is 1.30. The number of hydrogen-bond donors (Lipinski definition) is 2. The lowest BCUT2D eigenvalue weighted by Gasteiger charge is -1.96. The molecular formula is C9H10BNO3. The molecule has 0 fully saturated rings. The quantitative estimate of drug-likeness (QED) is 0.659. The number of benzene rings is 1. The van der Waals surface area contributed by atoms with Gasteiger partial charge in [-0.25, -0.2) is 4.98 Å². The maximum atomic E-state index is 8.94. The minimum Gasteiger partial charge on any atom is -0.441 e. The Balaban J connectivity index is 2.54. The van der Waals surface area contributed by atoms with Gasteiger partial charge < -0.3 is 14.5 Å². The molecule has 2 N–H and O–H groups in total. The summed E-state index contributed by atoms with van der Waals surface area (Å²) >= 11 is 0. The molecule has 72 valence electrons. The van der Waals surface area contributed by atoms with Gasteiger partial charge in [-0.1, -0.05) is 13.0 Å². The summed E-state index contributed by atoms with van der Waals surface area (Å²) in [5.74, 6) is 0.657. The summed E-state index contributed by atoms with van der Waals surface area (Å²) in [6.45, 7) is 1.95. The van der Waals surface area contributed by atoms with Crippen LogP contribution in [0, 0.1) is 0 Å². The van der Waals surface area contributed by atoms with Gasteiger partial charge in [-0.05, 0) is 17.6 Å². The molecule has 1 heterocycles. The number of oxazole rings is 1. The molecule has 0 atom stereocenters. The minimum absolute atomic E-state index is 0.424. The normalized spacial score (nSPS) is 10.8. The van der Waals surface area contributed by atoms with Gasteiger partial charge in [0.1, 0.15) is 5.52 Å². The molecule has 4 nitrogen and oxygen atoms in total. The zero-order valence-corrected chi connectivity index (χ0v) is 7.77. The highest BCUT2D eigenvalue weighted by molar-refractivity contribution is 6.58. The topological polar surface area (TPSA) is 66.5 Å². The third-order valence-electron chi connectivity index (χ3n) is 2.06. The first kappa shape index (κ1) is 9.24. The number of hydrogen-bond acceptors (Lipinski definition) is 4. The smallest absolute Gasteiger partial charge is 0.441 e. The molecule has 0 aliphatic heterocycles. The maximum Gasteiger partial charge on any atom is 0.488 e. The van der Waals surface area contributed by atoms with Gasteiger partial charge in [0.05, 0.1) is 0 Å². The Kier molecular flexibility index (Phi) is 2.27. The fraction of sp³-hybridized carbons (Fsp3) is 0.222. The predicted molar refractivity (Wildman–Crippen MR) is 53.2 cm³/mol. The molecule has 0 spiro atoms. The summed E-state index contributed by atoms with van der Waals surface area (Å²) in [6, 6.07) is 4.91. The number of nitrogens with zero attached hydrogens (tertiary/aromatic N) is 1. The second-order valence-electron chi connectivity index (χ2n) is 3.06. The molecule has 5 heteroatoms. The third-order valence-corrected chi connectivity index (χ3v) is 2.06. The first-order chi connectivity index (χ1) is 6.70. The molecule has 0 saturated heterocycles. The van der Waals surface area contributed by atoms with Gasteiger partial charge in [0.2, 0.25) is 0 Å². The summed E-state index contributed by atoms with van der Waals surface area (Å²) in [5, 5.41) is 17.9. The van der Waals surface area contributed by atoms with Gasteiger partial charge in [0.15, 0.2) is 11.5 Å². The highest BCUT2D eigenvalue weighted by Crippen LogP contribution is 2.13. The molecule has 0 saturated carbocycles. The van der Waals surface area contributed by atoms with Crippen molar-refractivity contribution in [1.29, 1.82) is 0 Å². The van der Waals surface area contributed by atoms with E-state index in [-0.39, 0.29) is 0 Å². The minimum atomic E-state index is -1.46. The third kappa shape index (κ3) is 1.52. The van der Waals surface area contributed by atoms with E-state index in [9.17, 15) is 0 Å². The van der Waals surface area contributed by atoms with Crippen molar-refractivity contribution in [1.82, 2.24) is 4.98 Å². The van der Waals surface area contributed by atoms with Crippen LogP contribution in [0.5, 0.6) is 0 Å². The summed E-state index contributed by atoms with van der Waals surface area (Å²) in [5.41, 5.74) is 1.76. The Labute approximate surface area is 81.3 Å². The average molecular weight is 191 g/mol. The largest absolute Gasteiger partial charge is 0.488 e. The Morgan fingerprint density at radius 3 is 2.86 bits per heavy atom. The van der Waals surface area contributed by atoms with Crippen molar-refractivity contribution in [2.75, 3.05) is 0 Å². The van der Waals surface area contributed by atoms with Crippen LogP contribution < -0.4 is 5.46 Å². The van der Waals surface area contributed by atoms with Gasteiger partial charge in [-0.15, -0.1) is 0 Å². The molecule has 0 bridgehead atoms. The molecule has 0 aliphatic carbocycles. The van der Waals surface area contributed by atoms with Crippen LogP contribution in [0.15, 0.2) is 22.6 Å². The molecule has 1 aromatic heterocycles. The van der Waals surface area contributed by atoms with Crippen molar-refractivity contribution in [3.8, 4) is 0 Å². The van der Waals surface area contributed by atoms with E-state index in [4.69, 9.17) is 14.5 Å². The molecule has 0 amide bonds. The van der Waals surface area contributed by atoms with Crippen LogP contribution in [0.25, 0.3) is 11.1 Å². The van der Waals surface area contributed by atoms with Crippen molar-refractivity contribution in [3.05, 3.63) is 24.1 Å². The molecule has 2 aromatic rings. The van der Waals surface area contributed by atoms with Crippen LogP contribution in [0.3, 0.4) is 0 Å². The predicted octanol–water partition coefficient (Wildman–Crippen LogP) is 0.0700. The van der Waals surface area contributed by atoms with Crippen LogP contribution in [0.2, 0.25) is 0 Å². The van der Waals surface area contributed by atoms with Crippen molar-refractivity contribution in [2.45, 2.75) is 13.3 Å². The second kappa shape index (κ2) is 3.44. The first-order valence-electron chi connectivity index (χ1n) is 4.46. The van der Waals surface area contributed by atoms with Gasteiger partial charge in [-0.3, -0.25) is 0 Å². The van der Waals surface area contributed by atoms with E-state index in [2.05, 4.69) is 4.98 Å². The van der Waals surface area contributed by atoms with E-state index < -0.39 is 7.12 Å². The van der Waals surface area contributed by atoms with Crippen molar-refractivity contribution < 1.29 is 14.5 Å².